The zero-order valence-corrected chi connectivity index (χ0v) is 16.8. The van der Waals surface area contributed by atoms with Crippen LogP contribution in [0.25, 0.3) is 21.8 Å². The largest absolute Gasteiger partial charge is 0.497 e. The van der Waals surface area contributed by atoms with Crippen LogP contribution >= 0.6 is 0 Å². The van der Waals surface area contributed by atoms with Crippen molar-refractivity contribution in [3.05, 3.63) is 66.0 Å². The Morgan fingerprint density at radius 3 is 2.71 bits per heavy atom. The van der Waals surface area contributed by atoms with E-state index in [4.69, 9.17) is 4.74 Å². The highest BCUT2D eigenvalue weighted by atomic mass is 16.5. The Morgan fingerprint density at radius 2 is 1.89 bits per heavy atom. The first-order chi connectivity index (χ1) is 13.7. The van der Waals surface area contributed by atoms with Crippen molar-refractivity contribution in [1.29, 1.82) is 0 Å². The second kappa shape index (κ2) is 7.98. The molecule has 0 unspecified atom stereocenters. The number of fused-ring (bicyclic) bond motifs is 2. The second-order valence-corrected chi connectivity index (χ2v) is 7.48. The lowest BCUT2D eigenvalue weighted by Crippen LogP contribution is -2.17. The van der Waals surface area contributed by atoms with Gasteiger partial charge in [-0.2, -0.15) is 0 Å². The molecule has 2 N–H and O–H groups in total. The molecule has 0 bridgehead atoms. The minimum atomic E-state index is 0.866. The van der Waals surface area contributed by atoms with Gasteiger partial charge in [-0.1, -0.05) is 18.2 Å². The molecule has 0 atom stereocenters. The number of para-hydroxylation sites is 1. The van der Waals surface area contributed by atoms with Gasteiger partial charge in [0.2, 0.25) is 0 Å². The lowest BCUT2D eigenvalue weighted by Gasteiger charge is -2.09. The summed E-state index contributed by atoms with van der Waals surface area (Å²) in [4.78, 5) is 5.57. The molecule has 4 rings (SSSR count). The number of aromatic amines is 1. The molecule has 0 aliphatic heterocycles. The lowest BCUT2D eigenvalue weighted by atomic mass is 10.1. The number of rotatable bonds is 8. The maximum absolute atomic E-state index is 5.44. The van der Waals surface area contributed by atoms with Crippen molar-refractivity contribution < 1.29 is 4.74 Å². The number of aromatic nitrogens is 2. The van der Waals surface area contributed by atoms with Gasteiger partial charge >= 0.3 is 0 Å². The number of nitrogens with one attached hydrogen (secondary N) is 2. The summed E-state index contributed by atoms with van der Waals surface area (Å²) >= 11 is 0. The minimum Gasteiger partial charge on any atom is -0.497 e. The van der Waals surface area contributed by atoms with Gasteiger partial charge in [-0.25, -0.2) is 0 Å². The molecule has 4 aromatic rings. The normalized spacial score (nSPS) is 11.6. The number of H-pyrrole nitrogens is 1. The highest BCUT2D eigenvalue weighted by molar-refractivity contribution is 5.86. The molecule has 2 aromatic carbocycles. The summed E-state index contributed by atoms with van der Waals surface area (Å²) in [7, 11) is 5.94. The lowest BCUT2D eigenvalue weighted by molar-refractivity contribution is 0.413. The van der Waals surface area contributed by atoms with Crippen LogP contribution in [0.1, 0.15) is 11.1 Å². The van der Waals surface area contributed by atoms with Crippen LogP contribution in [0.4, 0.5) is 0 Å². The molecule has 2 heterocycles. The summed E-state index contributed by atoms with van der Waals surface area (Å²) in [6, 6.07) is 14.8. The van der Waals surface area contributed by atoms with Gasteiger partial charge in [0.1, 0.15) is 5.75 Å². The fourth-order valence-corrected chi connectivity index (χ4v) is 3.73. The van der Waals surface area contributed by atoms with Crippen LogP contribution in [0, 0.1) is 0 Å². The topological polar surface area (TPSA) is 45.2 Å². The van der Waals surface area contributed by atoms with Gasteiger partial charge < -0.3 is 20.0 Å². The predicted octanol–water partition coefficient (Wildman–Crippen LogP) is 4.02. The maximum Gasteiger partial charge on any atom is 0.119 e. The zero-order valence-electron chi connectivity index (χ0n) is 16.8. The van der Waals surface area contributed by atoms with Gasteiger partial charge in [-0.05, 0) is 62.3 Å². The molecule has 28 heavy (non-hydrogen) atoms. The molecular weight excluding hydrogens is 348 g/mol. The molecule has 0 aliphatic carbocycles. The Bertz CT molecular complexity index is 1080. The first kappa shape index (κ1) is 18.4. The molecule has 0 aliphatic rings. The molecule has 146 valence electrons. The van der Waals surface area contributed by atoms with Crippen LogP contribution < -0.4 is 10.2 Å². The third-order valence-corrected chi connectivity index (χ3v) is 5.27. The van der Waals surface area contributed by atoms with E-state index in [1.165, 1.54) is 32.9 Å². The molecule has 0 spiro atoms. The van der Waals surface area contributed by atoms with E-state index in [2.05, 4.69) is 82.9 Å². The van der Waals surface area contributed by atoms with Crippen molar-refractivity contribution in [2.75, 3.05) is 39.7 Å². The summed E-state index contributed by atoms with van der Waals surface area (Å²) in [5, 5.41) is 2.55. The Morgan fingerprint density at radius 1 is 1.04 bits per heavy atom. The standard InChI is InChI=1S/C23H28N4O/c1-26(2)13-11-18-16-27(23-9-8-19(28-3)14-21(18)23)25-12-10-17-15-24-22-7-5-4-6-20(17)22/h4-9,14-16,24-25H,10-13H2,1-3H3. The molecule has 0 amide bonds. The third kappa shape index (κ3) is 3.71. The Kier molecular flexibility index (Phi) is 5.26. The second-order valence-electron chi connectivity index (χ2n) is 7.48. The Hall–Kier alpha value is -2.92. The Labute approximate surface area is 165 Å². The number of hydrogen-bond acceptors (Lipinski definition) is 3. The van der Waals surface area contributed by atoms with E-state index in [-0.39, 0.29) is 0 Å². The quantitative estimate of drug-likeness (QED) is 0.488. The average molecular weight is 377 g/mol. The number of ether oxygens (including phenoxy) is 1. The summed E-state index contributed by atoms with van der Waals surface area (Å²) in [6.07, 6.45) is 6.32. The summed E-state index contributed by atoms with van der Waals surface area (Å²) < 4.78 is 7.60. The average Bonchev–Trinajstić information content (AvgIpc) is 3.28. The van der Waals surface area contributed by atoms with Crippen LogP contribution in [0.5, 0.6) is 5.75 Å². The van der Waals surface area contributed by atoms with E-state index in [1.807, 2.05) is 6.07 Å². The third-order valence-electron chi connectivity index (χ3n) is 5.27. The minimum absolute atomic E-state index is 0.866. The van der Waals surface area contributed by atoms with Crippen molar-refractivity contribution in [3.8, 4) is 5.75 Å². The fraction of sp³-hybridized carbons (Fsp3) is 0.304. The van der Waals surface area contributed by atoms with Gasteiger partial charge in [0.15, 0.2) is 0 Å². The van der Waals surface area contributed by atoms with Crippen LogP contribution in [-0.4, -0.2) is 48.9 Å². The summed E-state index contributed by atoms with van der Waals surface area (Å²) in [5.74, 6) is 0.898. The highest BCUT2D eigenvalue weighted by Crippen LogP contribution is 2.26. The SMILES string of the molecule is COc1ccc2c(c1)c(CCN(C)C)cn2NCCc1c[nH]c2ccccc12. The molecule has 0 fully saturated rings. The molecule has 2 aromatic heterocycles. The van der Waals surface area contributed by atoms with E-state index in [0.717, 1.165) is 31.7 Å². The molecule has 0 saturated carbocycles. The molecular formula is C23H28N4O. The van der Waals surface area contributed by atoms with Crippen LogP contribution in [0.2, 0.25) is 0 Å². The van der Waals surface area contributed by atoms with E-state index < -0.39 is 0 Å². The number of benzene rings is 2. The molecule has 5 nitrogen and oxygen atoms in total. The Balaban J connectivity index is 1.54. The van der Waals surface area contributed by atoms with Gasteiger partial charge in [0, 0.05) is 41.8 Å². The van der Waals surface area contributed by atoms with Crippen molar-refractivity contribution in [1.82, 2.24) is 14.6 Å². The molecule has 5 heteroatoms. The zero-order chi connectivity index (χ0) is 19.5. The van der Waals surface area contributed by atoms with E-state index in [1.54, 1.807) is 7.11 Å². The molecule has 0 radical (unpaired) electrons. The van der Waals surface area contributed by atoms with Crippen LogP contribution in [0.15, 0.2) is 54.9 Å². The monoisotopic (exact) mass is 376 g/mol. The van der Waals surface area contributed by atoms with E-state index in [0.29, 0.717) is 0 Å². The smallest absolute Gasteiger partial charge is 0.119 e. The number of hydrogen-bond donors (Lipinski definition) is 2. The predicted molar refractivity (Wildman–Crippen MR) is 117 cm³/mol. The van der Waals surface area contributed by atoms with E-state index >= 15 is 0 Å². The van der Waals surface area contributed by atoms with Crippen LogP contribution in [-0.2, 0) is 12.8 Å². The van der Waals surface area contributed by atoms with Crippen molar-refractivity contribution in [3.63, 3.8) is 0 Å². The summed E-state index contributed by atoms with van der Waals surface area (Å²) in [6.45, 7) is 1.89. The first-order valence-electron chi connectivity index (χ1n) is 9.77. The first-order valence-corrected chi connectivity index (χ1v) is 9.77. The van der Waals surface area contributed by atoms with Gasteiger partial charge in [0.05, 0.1) is 12.6 Å². The van der Waals surface area contributed by atoms with Gasteiger partial charge in [0.25, 0.3) is 0 Å². The maximum atomic E-state index is 5.44. The van der Waals surface area contributed by atoms with Crippen molar-refractivity contribution >= 4 is 21.8 Å². The van der Waals surface area contributed by atoms with E-state index in [9.17, 15) is 0 Å². The van der Waals surface area contributed by atoms with Crippen molar-refractivity contribution in [2.45, 2.75) is 12.8 Å². The number of methoxy groups -OCH3 is 1. The number of nitrogens with zero attached hydrogens (tertiary/aromatic N) is 2. The van der Waals surface area contributed by atoms with Crippen molar-refractivity contribution in [2.24, 2.45) is 0 Å². The molecule has 0 saturated heterocycles. The number of likely N-dealkylation sites (N-methyl/N-ethyl adjacent to an activating group) is 1. The fourth-order valence-electron chi connectivity index (χ4n) is 3.73. The van der Waals surface area contributed by atoms with Crippen LogP contribution in [0.3, 0.4) is 0 Å². The van der Waals surface area contributed by atoms with Gasteiger partial charge in [-0.15, -0.1) is 0 Å². The van der Waals surface area contributed by atoms with Gasteiger partial charge in [-0.3, -0.25) is 4.68 Å². The highest BCUT2D eigenvalue weighted by Gasteiger charge is 2.10. The summed E-state index contributed by atoms with van der Waals surface area (Å²) in [5.41, 5.74) is 8.65.